The van der Waals surface area contributed by atoms with Crippen molar-refractivity contribution in [1.29, 1.82) is 0 Å². The molecule has 1 aliphatic heterocycles. The number of benzene rings is 3. The van der Waals surface area contributed by atoms with Gasteiger partial charge < -0.3 is 24.3 Å². The van der Waals surface area contributed by atoms with Gasteiger partial charge in [-0.15, -0.1) is 0 Å². The molecule has 2 heterocycles. The molecule has 3 aromatic carbocycles. The number of ether oxygens (including phenoxy) is 2. The van der Waals surface area contributed by atoms with Gasteiger partial charge in [0.2, 0.25) is 0 Å². The first-order valence-electron chi connectivity index (χ1n) is 10.8. The van der Waals surface area contributed by atoms with E-state index in [4.69, 9.17) is 9.47 Å². The lowest BCUT2D eigenvalue weighted by Crippen LogP contribution is -2.37. The zero-order valence-corrected chi connectivity index (χ0v) is 18.6. The zero-order valence-electron chi connectivity index (χ0n) is 18.6. The molecule has 4 aromatic rings. The summed E-state index contributed by atoms with van der Waals surface area (Å²) in [5, 5.41) is 3.07. The average Bonchev–Trinajstić information content (AvgIpc) is 3.28. The van der Waals surface area contributed by atoms with Crippen molar-refractivity contribution in [1.82, 2.24) is 9.47 Å². The van der Waals surface area contributed by atoms with Gasteiger partial charge in [0.05, 0.1) is 32.5 Å². The second kappa shape index (κ2) is 8.74. The summed E-state index contributed by atoms with van der Waals surface area (Å²) in [6.07, 6.45) is 2.04. The van der Waals surface area contributed by atoms with Gasteiger partial charge >= 0.3 is 6.03 Å². The van der Waals surface area contributed by atoms with Gasteiger partial charge in [-0.1, -0.05) is 42.5 Å². The molecular formula is C27H25N3O3. The third-order valence-corrected chi connectivity index (χ3v) is 5.97. The third-order valence-electron chi connectivity index (χ3n) is 5.97. The molecule has 0 fully saturated rings. The molecule has 1 aliphatic rings. The maximum atomic E-state index is 13.7. The first kappa shape index (κ1) is 20.7. The van der Waals surface area contributed by atoms with Crippen molar-refractivity contribution in [2.45, 2.75) is 12.6 Å². The maximum absolute atomic E-state index is 13.7. The Morgan fingerprint density at radius 3 is 2.42 bits per heavy atom. The van der Waals surface area contributed by atoms with Crippen LogP contribution in [0, 0.1) is 0 Å². The Hall–Kier alpha value is -4.19. The van der Waals surface area contributed by atoms with Crippen molar-refractivity contribution >= 4 is 11.7 Å². The van der Waals surface area contributed by atoms with Crippen molar-refractivity contribution < 1.29 is 14.3 Å². The van der Waals surface area contributed by atoms with E-state index in [0.717, 1.165) is 28.2 Å². The van der Waals surface area contributed by atoms with E-state index in [1.807, 2.05) is 77.8 Å². The highest BCUT2D eigenvalue weighted by molar-refractivity contribution is 5.90. The highest BCUT2D eigenvalue weighted by Crippen LogP contribution is 2.39. The summed E-state index contributed by atoms with van der Waals surface area (Å²) in [5.41, 5.74) is 4.82. The van der Waals surface area contributed by atoms with E-state index < -0.39 is 0 Å². The number of carbonyl (C=O) groups excluding carboxylic acids is 1. The minimum atomic E-state index is -0.337. The van der Waals surface area contributed by atoms with Gasteiger partial charge in [0.25, 0.3) is 0 Å². The number of nitrogens with zero attached hydrogens (tertiary/aromatic N) is 2. The van der Waals surface area contributed by atoms with Crippen LogP contribution in [0.1, 0.15) is 22.9 Å². The van der Waals surface area contributed by atoms with E-state index in [-0.39, 0.29) is 12.1 Å². The van der Waals surface area contributed by atoms with Crippen molar-refractivity contribution in [2.24, 2.45) is 0 Å². The molecule has 0 aliphatic carbocycles. The molecule has 5 rings (SSSR count). The molecule has 2 amide bonds. The second-order valence-corrected chi connectivity index (χ2v) is 7.87. The van der Waals surface area contributed by atoms with Crippen LogP contribution in [0.3, 0.4) is 0 Å². The van der Waals surface area contributed by atoms with Gasteiger partial charge in [0.15, 0.2) is 11.5 Å². The maximum Gasteiger partial charge on any atom is 0.322 e. The van der Waals surface area contributed by atoms with Crippen molar-refractivity contribution in [3.05, 3.63) is 108 Å². The fraction of sp³-hybridized carbons (Fsp3) is 0.148. The van der Waals surface area contributed by atoms with Crippen LogP contribution in [0.15, 0.2) is 91.1 Å². The predicted octanol–water partition coefficient (Wildman–Crippen LogP) is 5.63. The number of amides is 2. The Morgan fingerprint density at radius 1 is 0.879 bits per heavy atom. The Kier molecular flexibility index (Phi) is 5.48. The van der Waals surface area contributed by atoms with E-state index in [1.54, 1.807) is 14.2 Å². The van der Waals surface area contributed by atoms with Gasteiger partial charge in [-0.05, 0) is 53.6 Å². The van der Waals surface area contributed by atoms with Crippen LogP contribution in [0.25, 0.3) is 5.69 Å². The highest BCUT2D eigenvalue weighted by Gasteiger charge is 2.33. The number of para-hydroxylation sites is 2. The standard InChI is InChI=1S/C27H25N3O3/c1-32-24-15-14-19(17-25(24)33-2)26-23-13-8-16-29(23)22-12-7-6-9-20(22)18-30(26)27(31)28-21-10-4-3-5-11-21/h3-17,26H,18H2,1-2H3,(H,28,31)/t26-/m1/s1. The van der Waals surface area contributed by atoms with Crippen LogP contribution in [0.2, 0.25) is 0 Å². The summed E-state index contributed by atoms with van der Waals surface area (Å²) >= 11 is 0. The summed E-state index contributed by atoms with van der Waals surface area (Å²) in [7, 11) is 3.23. The molecule has 0 saturated heterocycles. The molecule has 0 spiro atoms. The van der Waals surface area contributed by atoms with Crippen molar-refractivity contribution in [3.63, 3.8) is 0 Å². The monoisotopic (exact) mass is 439 g/mol. The van der Waals surface area contributed by atoms with Crippen molar-refractivity contribution in [3.8, 4) is 17.2 Å². The Balaban J connectivity index is 1.65. The summed E-state index contributed by atoms with van der Waals surface area (Å²) in [6, 6.07) is 27.1. The van der Waals surface area contributed by atoms with Crippen LogP contribution in [-0.2, 0) is 6.54 Å². The number of rotatable bonds is 4. The molecule has 0 bridgehead atoms. The SMILES string of the molecule is COc1ccc([C@@H]2c3cccn3-c3ccccc3CN2C(=O)Nc2ccccc2)cc1OC. The minimum Gasteiger partial charge on any atom is -0.493 e. The van der Waals surface area contributed by atoms with E-state index in [1.165, 1.54) is 0 Å². The third kappa shape index (κ3) is 3.80. The van der Waals surface area contributed by atoms with Crippen LogP contribution in [-0.4, -0.2) is 29.7 Å². The van der Waals surface area contributed by atoms with E-state index >= 15 is 0 Å². The number of hydrogen-bond donors (Lipinski definition) is 1. The van der Waals surface area contributed by atoms with Crippen LogP contribution in [0.5, 0.6) is 11.5 Å². The number of anilines is 1. The quantitative estimate of drug-likeness (QED) is 0.448. The molecule has 6 nitrogen and oxygen atoms in total. The molecule has 33 heavy (non-hydrogen) atoms. The second-order valence-electron chi connectivity index (χ2n) is 7.87. The summed E-state index contributed by atoms with van der Waals surface area (Å²) in [5.74, 6) is 1.27. The zero-order chi connectivity index (χ0) is 22.8. The molecule has 1 atom stereocenters. The Labute approximate surface area is 193 Å². The van der Waals surface area contributed by atoms with Gasteiger partial charge in [-0.25, -0.2) is 4.79 Å². The lowest BCUT2D eigenvalue weighted by Gasteiger charge is -2.31. The number of fused-ring (bicyclic) bond motifs is 3. The molecule has 0 radical (unpaired) electrons. The molecule has 0 saturated carbocycles. The van der Waals surface area contributed by atoms with Crippen LogP contribution < -0.4 is 14.8 Å². The van der Waals surface area contributed by atoms with Crippen LogP contribution >= 0.6 is 0 Å². The number of nitrogens with one attached hydrogen (secondary N) is 1. The molecule has 0 unspecified atom stereocenters. The fourth-order valence-corrected chi connectivity index (χ4v) is 4.43. The predicted molar refractivity (Wildman–Crippen MR) is 128 cm³/mol. The molecular weight excluding hydrogens is 414 g/mol. The smallest absolute Gasteiger partial charge is 0.322 e. The molecule has 6 heteroatoms. The highest BCUT2D eigenvalue weighted by atomic mass is 16.5. The first-order valence-corrected chi connectivity index (χ1v) is 10.8. The fourth-order valence-electron chi connectivity index (χ4n) is 4.43. The van der Waals surface area contributed by atoms with Crippen LogP contribution in [0.4, 0.5) is 10.5 Å². The molecule has 1 N–H and O–H groups in total. The average molecular weight is 440 g/mol. The summed E-state index contributed by atoms with van der Waals surface area (Å²) in [6.45, 7) is 0.454. The number of urea groups is 1. The van der Waals surface area contributed by atoms with Gasteiger partial charge in [-0.2, -0.15) is 0 Å². The van der Waals surface area contributed by atoms with E-state index in [2.05, 4.69) is 28.1 Å². The Morgan fingerprint density at radius 2 is 1.64 bits per heavy atom. The van der Waals surface area contributed by atoms with Gasteiger partial charge in [-0.3, -0.25) is 0 Å². The van der Waals surface area contributed by atoms with Gasteiger partial charge in [0.1, 0.15) is 0 Å². The molecule has 166 valence electrons. The topological polar surface area (TPSA) is 55.7 Å². The van der Waals surface area contributed by atoms with Crippen molar-refractivity contribution in [2.75, 3.05) is 19.5 Å². The van der Waals surface area contributed by atoms with E-state index in [9.17, 15) is 4.79 Å². The number of hydrogen-bond acceptors (Lipinski definition) is 3. The lowest BCUT2D eigenvalue weighted by molar-refractivity contribution is 0.194. The van der Waals surface area contributed by atoms with Gasteiger partial charge in [0, 0.05) is 17.6 Å². The minimum absolute atomic E-state index is 0.176. The normalized spacial score (nSPS) is 14.6. The summed E-state index contributed by atoms with van der Waals surface area (Å²) < 4.78 is 13.2. The largest absolute Gasteiger partial charge is 0.493 e. The van der Waals surface area contributed by atoms with E-state index in [0.29, 0.717) is 18.0 Å². The number of carbonyl (C=O) groups is 1. The number of aromatic nitrogens is 1. The lowest BCUT2D eigenvalue weighted by atomic mass is 10.0. The number of methoxy groups -OCH3 is 2. The Bertz CT molecular complexity index is 1280. The first-order chi connectivity index (χ1) is 16.2. The molecule has 1 aromatic heterocycles. The summed E-state index contributed by atoms with van der Waals surface area (Å²) in [4.78, 5) is 15.5.